The summed E-state index contributed by atoms with van der Waals surface area (Å²) in [4.78, 5) is 14.4. The fourth-order valence-corrected chi connectivity index (χ4v) is 1.85. The normalized spacial score (nSPS) is 15.8. The zero-order chi connectivity index (χ0) is 16.7. The maximum atomic E-state index is 10.6. The number of nitro groups is 1. The molecule has 2 rings (SSSR count). The lowest BCUT2D eigenvalue weighted by atomic mass is 10.3. The smallest absolute Gasteiger partial charge is 0.269 e. The van der Waals surface area contributed by atoms with Gasteiger partial charge in [0.05, 0.1) is 11.5 Å². The van der Waals surface area contributed by atoms with Crippen molar-refractivity contribution in [2.75, 3.05) is 19.7 Å². The summed E-state index contributed by atoms with van der Waals surface area (Å²) in [6.07, 6.45) is 1.55. The Morgan fingerprint density at radius 3 is 2.74 bits per heavy atom. The molecule has 1 aromatic carbocycles. The number of aliphatic hydroxyl groups excluding tert-OH is 1. The number of non-ortho nitro benzene ring substituents is 1. The summed E-state index contributed by atoms with van der Waals surface area (Å²) in [5.74, 6) is 1.17. The third-order valence-corrected chi connectivity index (χ3v) is 3.21. The highest BCUT2D eigenvalue weighted by Gasteiger charge is 2.22. The molecule has 0 spiro atoms. The van der Waals surface area contributed by atoms with E-state index < -0.39 is 11.0 Å². The number of nitrogens with one attached hydrogen (secondary N) is 2. The Labute approximate surface area is 134 Å². The zero-order valence-electron chi connectivity index (χ0n) is 13.1. The minimum absolute atomic E-state index is 0.00364. The molecule has 1 aliphatic rings. The number of nitrogens with zero attached hydrogens (tertiary/aromatic N) is 2. The summed E-state index contributed by atoms with van der Waals surface area (Å²) >= 11 is 0. The number of guanidine groups is 1. The molecule has 126 valence electrons. The van der Waals surface area contributed by atoms with E-state index in [0.29, 0.717) is 17.8 Å². The molecule has 0 amide bonds. The molecule has 8 nitrogen and oxygen atoms in total. The summed E-state index contributed by atoms with van der Waals surface area (Å²) < 4.78 is 5.41. The van der Waals surface area contributed by atoms with E-state index in [0.717, 1.165) is 19.4 Å². The predicted octanol–water partition coefficient (Wildman–Crippen LogP) is 1.05. The van der Waals surface area contributed by atoms with E-state index in [-0.39, 0.29) is 18.8 Å². The van der Waals surface area contributed by atoms with E-state index in [1.54, 1.807) is 0 Å². The molecule has 0 bridgehead atoms. The molecule has 1 aromatic rings. The highest BCUT2D eigenvalue weighted by atomic mass is 16.6. The average Bonchev–Trinajstić information content (AvgIpc) is 3.35. The molecule has 0 aliphatic heterocycles. The van der Waals surface area contributed by atoms with Crippen LogP contribution in [-0.2, 0) is 0 Å². The topological polar surface area (TPSA) is 109 Å². The largest absolute Gasteiger partial charge is 0.491 e. The number of hydrogen-bond acceptors (Lipinski definition) is 5. The first-order valence-electron chi connectivity index (χ1n) is 7.68. The number of aliphatic imine (C=N–C) groups is 1. The number of nitro benzene ring substituents is 1. The van der Waals surface area contributed by atoms with Crippen LogP contribution in [0.15, 0.2) is 29.3 Å². The number of hydrogen-bond donors (Lipinski definition) is 3. The monoisotopic (exact) mass is 322 g/mol. The summed E-state index contributed by atoms with van der Waals surface area (Å²) in [7, 11) is 0. The van der Waals surface area contributed by atoms with Crippen molar-refractivity contribution in [1.82, 2.24) is 10.6 Å². The van der Waals surface area contributed by atoms with Crippen molar-refractivity contribution in [2.24, 2.45) is 4.99 Å². The van der Waals surface area contributed by atoms with E-state index >= 15 is 0 Å². The minimum Gasteiger partial charge on any atom is -0.491 e. The molecule has 8 heteroatoms. The van der Waals surface area contributed by atoms with Crippen molar-refractivity contribution in [3.05, 3.63) is 34.4 Å². The van der Waals surface area contributed by atoms with Crippen LogP contribution in [0.5, 0.6) is 5.75 Å². The van der Waals surface area contributed by atoms with E-state index in [4.69, 9.17) is 4.74 Å². The van der Waals surface area contributed by atoms with Gasteiger partial charge in [-0.1, -0.05) is 0 Å². The second-order valence-corrected chi connectivity index (χ2v) is 5.35. The molecule has 0 aromatic heterocycles. The molecular formula is C15H22N4O4. The Balaban J connectivity index is 1.76. The van der Waals surface area contributed by atoms with Gasteiger partial charge in [-0.25, -0.2) is 0 Å². The highest BCUT2D eigenvalue weighted by molar-refractivity contribution is 5.80. The van der Waals surface area contributed by atoms with Crippen molar-refractivity contribution >= 4 is 11.6 Å². The molecule has 1 atom stereocenters. The Bertz CT molecular complexity index is 543. The molecule has 1 unspecified atom stereocenters. The molecule has 0 radical (unpaired) electrons. The zero-order valence-corrected chi connectivity index (χ0v) is 13.1. The average molecular weight is 322 g/mol. The first kappa shape index (κ1) is 17.0. The van der Waals surface area contributed by atoms with Gasteiger partial charge in [-0.05, 0) is 31.9 Å². The lowest BCUT2D eigenvalue weighted by Crippen LogP contribution is -2.39. The van der Waals surface area contributed by atoms with Gasteiger partial charge in [0.15, 0.2) is 5.96 Å². The second-order valence-electron chi connectivity index (χ2n) is 5.35. The Morgan fingerprint density at radius 2 is 2.17 bits per heavy atom. The molecule has 0 heterocycles. The number of aliphatic hydroxyl groups is 1. The summed E-state index contributed by atoms with van der Waals surface area (Å²) in [5.41, 5.74) is 0.00364. The summed E-state index contributed by atoms with van der Waals surface area (Å²) in [6.45, 7) is 3.03. The van der Waals surface area contributed by atoms with Gasteiger partial charge in [-0.15, -0.1) is 0 Å². The van der Waals surface area contributed by atoms with Crippen LogP contribution >= 0.6 is 0 Å². The van der Waals surface area contributed by atoms with Crippen LogP contribution in [0.2, 0.25) is 0 Å². The molecule has 23 heavy (non-hydrogen) atoms. The third-order valence-electron chi connectivity index (χ3n) is 3.21. The van der Waals surface area contributed by atoms with Gasteiger partial charge >= 0.3 is 0 Å². The van der Waals surface area contributed by atoms with Crippen LogP contribution in [-0.4, -0.2) is 47.8 Å². The van der Waals surface area contributed by atoms with Crippen LogP contribution < -0.4 is 15.4 Å². The van der Waals surface area contributed by atoms with E-state index in [9.17, 15) is 15.2 Å². The van der Waals surface area contributed by atoms with Gasteiger partial charge in [0, 0.05) is 24.7 Å². The highest BCUT2D eigenvalue weighted by Crippen LogP contribution is 2.18. The fourth-order valence-electron chi connectivity index (χ4n) is 1.85. The fraction of sp³-hybridized carbons (Fsp3) is 0.533. The van der Waals surface area contributed by atoms with E-state index in [1.807, 2.05) is 6.92 Å². The Morgan fingerprint density at radius 1 is 1.48 bits per heavy atom. The van der Waals surface area contributed by atoms with Crippen LogP contribution in [0.4, 0.5) is 5.69 Å². The van der Waals surface area contributed by atoms with Crippen LogP contribution in [0.25, 0.3) is 0 Å². The van der Waals surface area contributed by atoms with E-state index in [2.05, 4.69) is 15.6 Å². The molecule has 1 aliphatic carbocycles. The van der Waals surface area contributed by atoms with Crippen LogP contribution in [0.1, 0.15) is 19.8 Å². The quantitative estimate of drug-likeness (QED) is 0.286. The molecule has 0 saturated heterocycles. The predicted molar refractivity (Wildman–Crippen MR) is 86.7 cm³/mol. The Kier molecular flexibility index (Phi) is 6.16. The lowest BCUT2D eigenvalue weighted by molar-refractivity contribution is -0.384. The van der Waals surface area contributed by atoms with E-state index in [1.165, 1.54) is 24.3 Å². The van der Waals surface area contributed by atoms with Crippen LogP contribution in [0.3, 0.4) is 0 Å². The van der Waals surface area contributed by atoms with Gasteiger partial charge in [0.25, 0.3) is 5.69 Å². The standard InChI is InChI=1S/C15H22N4O4/c1-2-16-15(18-11-3-4-11)17-9-13(20)10-23-14-7-5-12(6-8-14)19(21)22/h5-8,11,13,20H,2-4,9-10H2,1H3,(H2,16,17,18). The van der Waals surface area contributed by atoms with Gasteiger partial charge in [-0.3, -0.25) is 15.1 Å². The van der Waals surface area contributed by atoms with Gasteiger partial charge < -0.3 is 20.5 Å². The maximum absolute atomic E-state index is 10.6. The molecular weight excluding hydrogens is 300 g/mol. The molecule has 1 fully saturated rings. The van der Waals surface area contributed by atoms with Crippen molar-refractivity contribution < 1.29 is 14.8 Å². The summed E-state index contributed by atoms with van der Waals surface area (Å²) in [6, 6.07) is 6.23. The maximum Gasteiger partial charge on any atom is 0.269 e. The molecule has 3 N–H and O–H groups in total. The Hall–Kier alpha value is -2.35. The first-order valence-corrected chi connectivity index (χ1v) is 7.68. The minimum atomic E-state index is -0.750. The van der Waals surface area contributed by atoms with Crippen molar-refractivity contribution in [1.29, 1.82) is 0 Å². The lowest BCUT2D eigenvalue weighted by Gasteiger charge is -2.13. The third kappa shape index (κ3) is 6.11. The number of benzene rings is 1. The SMILES string of the molecule is CCNC(=NCC(O)COc1ccc([N+](=O)[O-])cc1)NC1CC1. The van der Waals surface area contributed by atoms with Gasteiger partial charge in [0.1, 0.15) is 18.5 Å². The van der Waals surface area contributed by atoms with Crippen molar-refractivity contribution in [3.63, 3.8) is 0 Å². The van der Waals surface area contributed by atoms with Gasteiger partial charge in [-0.2, -0.15) is 0 Å². The van der Waals surface area contributed by atoms with Crippen molar-refractivity contribution in [2.45, 2.75) is 31.9 Å². The van der Waals surface area contributed by atoms with Crippen molar-refractivity contribution in [3.8, 4) is 5.75 Å². The van der Waals surface area contributed by atoms with Gasteiger partial charge in [0.2, 0.25) is 0 Å². The first-order chi connectivity index (χ1) is 11.1. The molecule has 1 saturated carbocycles. The number of rotatable bonds is 8. The number of ether oxygens (including phenoxy) is 1. The van der Waals surface area contributed by atoms with Crippen LogP contribution in [0, 0.1) is 10.1 Å². The second kappa shape index (κ2) is 8.33. The summed E-state index contributed by atoms with van der Waals surface area (Å²) in [5, 5.41) is 26.9.